The number of benzene rings is 2. The van der Waals surface area contributed by atoms with Gasteiger partial charge in [-0.05, 0) is 49.1 Å². The Balaban J connectivity index is 0.000000534. The third kappa shape index (κ3) is 7.88. The molecule has 1 N–H and O–H groups in total. The van der Waals surface area contributed by atoms with Gasteiger partial charge in [0.15, 0.2) is 11.6 Å². The number of carboxylic acid groups (broad SMARTS) is 1. The molecular formula is C23H26F3NO5. The van der Waals surface area contributed by atoms with E-state index in [-0.39, 0.29) is 24.6 Å². The van der Waals surface area contributed by atoms with Crippen LogP contribution in [0.15, 0.2) is 42.5 Å². The van der Waals surface area contributed by atoms with Crippen molar-refractivity contribution in [1.82, 2.24) is 0 Å². The van der Waals surface area contributed by atoms with Gasteiger partial charge in [-0.3, -0.25) is 0 Å². The van der Waals surface area contributed by atoms with Gasteiger partial charge < -0.3 is 14.6 Å². The lowest BCUT2D eigenvalue weighted by Crippen LogP contribution is -2.29. The topological polar surface area (TPSA) is 76.1 Å². The molecule has 2 aromatic rings. The summed E-state index contributed by atoms with van der Waals surface area (Å²) in [5.74, 6) is -3.30. The maximum absolute atomic E-state index is 13.6. The van der Waals surface area contributed by atoms with E-state index in [9.17, 15) is 22.8 Å². The van der Waals surface area contributed by atoms with E-state index in [0.717, 1.165) is 48.8 Å². The van der Waals surface area contributed by atoms with Crippen molar-refractivity contribution >= 4 is 23.4 Å². The summed E-state index contributed by atoms with van der Waals surface area (Å²) in [6.07, 6.45) is 4.66. The molecule has 0 saturated heterocycles. The van der Waals surface area contributed by atoms with Gasteiger partial charge in [-0.1, -0.05) is 25.3 Å². The van der Waals surface area contributed by atoms with Gasteiger partial charge >= 0.3 is 12.1 Å². The lowest BCUT2D eigenvalue weighted by Gasteiger charge is -2.25. The molecule has 0 unspecified atom stereocenters. The molecule has 1 amide bonds. The third-order valence-electron chi connectivity index (χ3n) is 4.85. The van der Waals surface area contributed by atoms with Crippen molar-refractivity contribution < 1.29 is 37.3 Å². The molecule has 0 radical (unpaired) electrons. The normalized spacial score (nSPS) is 13.6. The maximum Gasteiger partial charge on any atom is 0.418 e. The molecule has 32 heavy (non-hydrogen) atoms. The van der Waals surface area contributed by atoms with Crippen LogP contribution in [0.3, 0.4) is 0 Å². The summed E-state index contributed by atoms with van der Waals surface area (Å²) >= 11 is 0. The Morgan fingerprint density at radius 3 is 2.25 bits per heavy atom. The number of carbonyl (C=O) groups excluding carboxylic acids is 1. The minimum Gasteiger partial charge on any atom is -0.480 e. The zero-order valence-electron chi connectivity index (χ0n) is 17.7. The van der Waals surface area contributed by atoms with Crippen molar-refractivity contribution in [2.24, 2.45) is 5.92 Å². The summed E-state index contributed by atoms with van der Waals surface area (Å²) < 4.78 is 50.1. The number of hydrogen-bond donors (Lipinski definition) is 1. The van der Waals surface area contributed by atoms with Crippen molar-refractivity contribution in [2.75, 3.05) is 25.2 Å². The van der Waals surface area contributed by atoms with Crippen LogP contribution in [-0.4, -0.2) is 37.5 Å². The third-order valence-corrected chi connectivity index (χ3v) is 4.85. The lowest BCUT2D eigenvalue weighted by atomic mass is 9.90. The molecule has 6 nitrogen and oxygen atoms in total. The second kappa shape index (κ2) is 12.7. The molecule has 9 heteroatoms. The Bertz CT molecular complexity index is 903. The Kier molecular flexibility index (Phi) is 10.0. The number of nitrogens with zero attached hydrogens (tertiary/aromatic N) is 1. The number of carbonyl (C=O) groups is 2. The van der Waals surface area contributed by atoms with Crippen LogP contribution in [0.2, 0.25) is 0 Å². The molecule has 0 heterocycles. The monoisotopic (exact) mass is 453 g/mol. The number of methoxy groups -OCH3 is 1. The smallest absolute Gasteiger partial charge is 0.418 e. The number of aliphatic carboxylic acids is 1. The summed E-state index contributed by atoms with van der Waals surface area (Å²) in [5.41, 5.74) is 0.257. The summed E-state index contributed by atoms with van der Waals surface area (Å²) in [4.78, 5) is 23.2. The van der Waals surface area contributed by atoms with E-state index in [1.54, 1.807) is 0 Å². The van der Waals surface area contributed by atoms with Gasteiger partial charge in [-0.25, -0.2) is 27.7 Å². The Morgan fingerprint density at radius 1 is 1.00 bits per heavy atom. The Labute approximate surface area is 184 Å². The highest BCUT2D eigenvalue weighted by molar-refractivity contribution is 5.95. The first-order chi connectivity index (χ1) is 15.3. The fourth-order valence-corrected chi connectivity index (χ4v) is 3.33. The second-order valence-electron chi connectivity index (χ2n) is 7.32. The zero-order chi connectivity index (χ0) is 23.5. The Morgan fingerprint density at radius 2 is 1.69 bits per heavy atom. The summed E-state index contributed by atoms with van der Waals surface area (Å²) in [6.45, 7) is 0.0499. The van der Waals surface area contributed by atoms with Gasteiger partial charge in [0, 0.05) is 13.2 Å². The number of rotatable bonds is 6. The zero-order valence-corrected chi connectivity index (χ0v) is 17.7. The minimum absolute atomic E-state index is 0.0724. The van der Waals surface area contributed by atoms with E-state index >= 15 is 0 Å². The average Bonchev–Trinajstić information content (AvgIpc) is 2.76. The number of hydrogen-bond acceptors (Lipinski definition) is 4. The predicted octanol–water partition coefficient (Wildman–Crippen LogP) is 5.68. The molecule has 1 fully saturated rings. The number of halogens is 3. The van der Waals surface area contributed by atoms with Gasteiger partial charge in [0.2, 0.25) is 0 Å². The second-order valence-corrected chi connectivity index (χ2v) is 7.32. The number of ether oxygens (including phenoxy) is 2. The van der Waals surface area contributed by atoms with Crippen molar-refractivity contribution in [3.05, 3.63) is 59.9 Å². The van der Waals surface area contributed by atoms with E-state index in [1.807, 2.05) is 0 Å². The molecule has 1 aliphatic rings. The quantitative estimate of drug-likeness (QED) is 0.609. The van der Waals surface area contributed by atoms with E-state index in [2.05, 4.69) is 4.74 Å². The first-order valence-corrected chi connectivity index (χ1v) is 10.2. The van der Waals surface area contributed by atoms with E-state index < -0.39 is 29.5 Å². The van der Waals surface area contributed by atoms with Crippen molar-refractivity contribution in [3.63, 3.8) is 0 Å². The molecule has 2 aromatic carbocycles. The van der Waals surface area contributed by atoms with Crippen LogP contribution >= 0.6 is 0 Å². The van der Waals surface area contributed by atoms with Crippen molar-refractivity contribution in [2.45, 2.75) is 32.1 Å². The molecule has 0 spiro atoms. The Hall–Kier alpha value is -3.07. The highest BCUT2D eigenvalue weighted by Crippen LogP contribution is 2.29. The standard InChI is InChI=1S/C20H20F3NO2.C3H6O3/c21-15-7-4-8-16(11-15)24(17-9-10-18(22)19(23)12-17)20(25)26-13-14-5-2-1-3-6-14;1-6-2-3(4)5/h4,7-12,14H,1-3,5-6,13H2;2H2,1H3,(H,4,5). The molecule has 3 rings (SSSR count). The summed E-state index contributed by atoms with van der Waals surface area (Å²) in [5, 5.41) is 7.79. The van der Waals surface area contributed by atoms with Crippen LogP contribution in [-0.2, 0) is 14.3 Å². The van der Waals surface area contributed by atoms with Gasteiger partial charge in [0.1, 0.15) is 12.4 Å². The average molecular weight is 453 g/mol. The van der Waals surface area contributed by atoms with Crippen LogP contribution in [0.1, 0.15) is 32.1 Å². The number of amides is 1. The molecule has 0 aromatic heterocycles. The molecular weight excluding hydrogens is 427 g/mol. The molecule has 0 atom stereocenters. The molecule has 0 bridgehead atoms. The first kappa shape index (κ1) is 25.2. The van der Waals surface area contributed by atoms with Gasteiger partial charge in [-0.2, -0.15) is 0 Å². The molecule has 1 saturated carbocycles. The number of anilines is 2. The van der Waals surface area contributed by atoms with Gasteiger partial charge in [-0.15, -0.1) is 0 Å². The summed E-state index contributed by atoms with van der Waals surface area (Å²) in [7, 11) is 1.34. The predicted molar refractivity (Wildman–Crippen MR) is 112 cm³/mol. The first-order valence-electron chi connectivity index (χ1n) is 10.2. The fourth-order valence-electron chi connectivity index (χ4n) is 3.33. The highest BCUT2D eigenvalue weighted by atomic mass is 19.2. The highest BCUT2D eigenvalue weighted by Gasteiger charge is 2.23. The maximum atomic E-state index is 13.6. The van der Waals surface area contributed by atoms with E-state index in [1.165, 1.54) is 37.8 Å². The lowest BCUT2D eigenvalue weighted by molar-refractivity contribution is -0.141. The SMILES string of the molecule is COCC(=O)O.O=C(OCC1CCCCC1)N(c1cccc(F)c1)c1ccc(F)c(F)c1. The van der Waals surface area contributed by atoms with Crippen molar-refractivity contribution in [1.29, 1.82) is 0 Å². The largest absolute Gasteiger partial charge is 0.480 e. The van der Waals surface area contributed by atoms with Gasteiger partial charge in [0.25, 0.3) is 0 Å². The van der Waals surface area contributed by atoms with E-state index in [0.29, 0.717) is 5.92 Å². The van der Waals surface area contributed by atoms with Crippen molar-refractivity contribution in [3.8, 4) is 0 Å². The van der Waals surface area contributed by atoms with Gasteiger partial charge in [0.05, 0.1) is 18.0 Å². The van der Waals surface area contributed by atoms with E-state index in [4.69, 9.17) is 9.84 Å². The number of carboxylic acids is 1. The van der Waals surface area contributed by atoms with Crippen LogP contribution in [0.5, 0.6) is 0 Å². The fraction of sp³-hybridized carbons (Fsp3) is 0.391. The molecule has 1 aliphatic carbocycles. The molecule has 0 aliphatic heterocycles. The van der Waals surface area contributed by atoms with Crippen LogP contribution in [0.25, 0.3) is 0 Å². The summed E-state index contributed by atoms with van der Waals surface area (Å²) in [6, 6.07) is 8.39. The van der Waals surface area contributed by atoms with Crippen LogP contribution < -0.4 is 4.90 Å². The van der Waals surface area contributed by atoms with Crippen LogP contribution in [0.4, 0.5) is 29.3 Å². The molecule has 174 valence electrons. The van der Waals surface area contributed by atoms with Crippen LogP contribution in [0, 0.1) is 23.4 Å². The minimum atomic E-state index is -1.09.